The van der Waals surface area contributed by atoms with Crippen molar-refractivity contribution >= 4 is 12.3 Å². The van der Waals surface area contributed by atoms with Crippen LogP contribution in [0.2, 0.25) is 0 Å². The molecule has 0 aliphatic carbocycles. The van der Waals surface area contributed by atoms with Gasteiger partial charge in [0.05, 0.1) is 0 Å². The van der Waals surface area contributed by atoms with Crippen molar-refractivity contribution in [2.24, 2.45) is 12.0 Å². The highest BCUT2D eigenvalue weighted by Gasteiger charge is 2.39. The second-order valence-electron chi connectivity index (χ2n) is 4.68. The summed E-state index contributed by atoms with van der Waals surface area (Å²) in [4.78, 5) is 22.6. The van der Waals surface area contributed by atoms with E-state index >= 15 is 0 Å². The van der Waals surface area contributed by atoms with Crippen LogP contribution in [0.1, 0.15) is 24.8 Å². The lowest BCUT2D eigenvalue weighted by atomic mass is 10.1. The summed E-state index contributed by atoms with van der Waals surface area (Å²) in [6.45, 7) is 1.66. The number of carbonyl (C=O) groups excluding carboxylic acids is 1. The molecule has 1 fully saturated rings. The van der Waals surface area contributed by atoms with Gasteiger partial charge in [0.1, 0.15) is 0 Å². The Morgan fingerprint density at radius 2 is 2.22 bits per heavy atom. The van der Waals surface area contributed by atoms with E-state index < -0.39 is 12.1 Å². The number of nitrogens with zero attached hydrogens (tertiary/aromatic N) is 4. The average molecular weight is 248 g/mol. The first-order chi connectivity index (χ1) is 8.77. The van der Waals surface area contributed by atoms with E-state index in [0.717, 1.165) is 31.8 Å². The van der Waals surface area contributed by atoms with Crippen LogP contribution in [0.3, 0.4) is 0 Å². The van der Waals surface area contributed by atoms with Crippen molar-refractivity contribution in [3.05, 3.63) is 18.2 Å². The highest BCUT2D eigenvalue weighted by Crippen LogP contribution is 2.27. The molecule has 2 aliphatic rings. The van der Waals surface area contributed by atoms with E-state index in [9.17, 15) is 4.79 Å². The third-order valence-corrected chi connectivity index (χ3v) is 3.50. The molecular formula is C12H16N4O2. The second-order valence-corrected chi connectivity index (χ2v) is 4.68. The first kappa shape index (κ1) is 11.3. The van der Waals surface area contributed by atoms with Gasteiger partial charge in [0.2, 0.25) is 0 Å². The quantitative estimate of drug-likeness (QED) is 0.766. The molecule has 6 heteroatoms. The van der Waals surface area contributed by atoms with Crippen molar-refractivity contribution < 1.29 is 9.53 Å². The standard InChI is InChI=1S/C12H16N4O2/c1-15-7-4-13-11(15)10-9(14-8-18-10)12(17)16-5-2-3-6-16/h4,7-10H,2-3,5-6H2,1H3/t9?,10-/m0/s1. The van der Waals surface area contributed by atoms with E-state index in [-0.39, 0.29) is 5.91 Å². The molecule has 1 amide bonds. The Balaban J connectivity index is 1.80. The summed E-state index contributed by atoms with van der Waals surface area (Å²) in [6, 6.07) is -0.482. The molecule has 3 heterocycles. The Hall–Kier alpha value is -1.85. The Morgan fingerprint density at radius 3 is 2.89 bits per heavy atom. The molecular weight excluding hydrogens is 232 g/mol. The zero-order valence-corrected chi connectivity index (χ0v) is 10.3. The SMILES string of the molecule is Cn1ccnc1[C@H]1OC=NC1C(=O)N1CCCC1. The maximum atomic E-state index is 12.4. The van der Waals surface area contributed by atoms with Gasteiger partial charge in [-0.2, -0.15) is 0 Å². The van der Waals surface area contributed by atoms with Crippen molar-refractivity contribution in [3.8, 4) is 0 Å². The van der Waals surface area contributed by atoms with Crippen LogP contribution in [0.15, 0.2) is 17.4 Å². The molecule has 6 nitrogen and oxygen atoms in total. The number of carbonyl (C=O) groups is 1. The molecule has 0 N–H and O–H groups in total. The molecule has 1 aromatic heterocycles. The van der Waals surface area contributed by atoms with Crippen LogP contribution in [0.4, 0.5) is 0 Å². The number of aromatic nitrogens is 2. The third kappa shape index (κ3) is 1.77. The minimum Gasteiger partial charge on any atom is -0.470 e. The van der Waals surface area contributed by atoms with Gasteiger partial charge < -0.3 is 14.2 Å². The normalized spacial score (nSPS) is 26.6. The van der Waals surface area contributed by atoms with E-state index in [2.05, 4.69) is 9.98 Å². The Morgan fingerprint density at radius 1 is 1.44 bits per heavy atom. The number of aryl methyl sites for hydroxylation is 1. The number of likely N-dealkylation sites (tertiary alicyclic amines) is 1. The van der Waals surface area contributed by atoms with Crippen molar-refractivity contribution in [3.63, 3.8) is 0 Å². The summed E-state index contributed by atoms with van der Waals surface area (Å²) in [5.74, 6) is 0.791. The topological polar surface area (TPSA) is 59.7 Å². The number of rotatable bonds is 2. The van der Waals surface area contributed by atoms with Gasteiger partial charge in [-0.3, -0.25) is 4.79 Å². The van der Waals surface area contributed by atoms with Crippen LogP contribution >= 0.6 is 0 Å². The molecule has 0 saturated carbocycles. The van der Waals surface area contributed by atoms with Gasteiger partial charge >= 0.3 is 0 Å². The summed E-state index contributed by atoms with van der Waals surface area (Å²) >= 11 is 0. The van der Waals surface area contributed by atoms with Crippen LogP contribution in [-0.4, -0.2) is 45.9 Å². The summed E-state index contributed by atoms with van der Waals surface area (Å²) in [5.41, 5.74) is 0. The Labute approximate surface area is 105 Å². The molecule has 0 aromatic carbocycles. The minimum atomic E-state index is -0.482. The van der Waals surface area contributed by atoms with E-state index in [0.29, 0.717) is 0 Å². The first-order valence-corrected chi connectivity index (χ1v) is 6.20. The zero-order valence-electron chi connectivity index (χ0n) is 10.3. The van der Waals surface area contributed by atoms with Gasteiger partial charge in [-0.25, -0.2) is 9.98 Å². The molecule has 96 valence electrons. The molecule has 1 saturated heterocycles. The number of aliphatic imine (C=N–C) groups is 1. The lowest BCUT2D eigenvalue weighted by molar-refractivity contribution is -0.133. The molecule has 2 aliphatic heterocycles. The van der Waals surface area contributed by atoms with Gasteiger partial charge in [0.15, 0.2) is 24.4 Å². The fourth-order valence-corrected chi connectivity index (χ4v) is 2.49. The van der Waals surface area contributed by atoms with Crippen molar-refractivity contribution in [1.82, 2.24) is 14.5 Å². The minimum absolute atomic E-state index is 0.0502. The summed E-state index contributed by atoms with van der Waals surface area (Å²) in [7, 11) is 1.89. The van der Waals surface area contributed by atoms with Crippen LogP contribution in [0.25, 0.3) is 0 Å². The van der Waals surface area contributed by atoms with Crippen LogP contribution in [-0.2, 0) is 16.6 Å². The maximum absolute atomic E-state index is 12.4. The number of ether oxygens (including phenoxy) is 1. The third-order valence-electron chi connectivity index (χ3n) is 3.50. The van der Waals surface area contributed by atoms with Crippen LogP contribution in [0, 0.1) is 0 Å². The number of amides is 1. The first-order valence-electron chi connectivity index (χ1n) is 6.20. The molecule has 18 heavy (non-hydrogen) atoms. The molecule has 1 unspecified atom stereocenters. The lowest BCUT2D eigenvalue weighted by Gasteiger charge is -2.21. The van der Waals surface area contributed by atoms with Gasteiger partial charge in [-0.05, 0) is 12.8 Å². The number of hydrogen-bond donors (Lipinski definition) is 0. The zero-order chi connectivity index (χ0) is 12.5. The molecule has 0 bridgehead atoms. The number of imidazole rings is 1. The predicted molar refractivity (Wildman–Crippen MR) is 65.1 cm³/mol. The van der Waals surface area contributed by atoms with Crippen LogP contribution in [0.5, 0.6) is 0 Å². The predicted octanol–water partition coefficient (Wildman–Crippen LogP) is 0.511. The van der Waals surface area contributed by atoms with Crippen molar-refractivity contribution in [2.45, 2.75) is 25.0 Å². The highest BCUT2D eigenvalue weighted by atomic mass is 16.5. The summed E-state index contributed by atoms with van der Waals surface area (Å²) in [6.07, 6.45) is 6.69. The largest absolute Gasteiger partial charge is 0.470 e. The number of hydrogen-bond acceptors (Lipinski definition) is 4. The van der Waals surface area contributed by atoms with Crippen molar-refractivity contribution in [1.29, 1.82) is 0 Å². The lowest BCUT2D eigenvalue weighted by Crippen LogP contribution is -2.38. The maximum Gasteiger partial charge on any atom is 0.251 e. The van der Waals surface area contributed by atoms with Gasteiger partial charge in [0, 0.05) is 32.5 Å². The Kier molecular flexibility index (Phi) is 2.77. The second kappa shape index (κ2) is 4.44. The Bertz CT molecular complexity index is 476. The molecule has 1 aromatic rings. The summed E-state index contributed by atoms with van der Waals surface area (Å²) in [5, 5.41) is 0. The monoisotopic (exact) mass is 248 g/mol. The van der Waals surface area contributed by atoms with Gasteiger partial charge in [-0.1, -0.05) is 0 Å². The molecule has 0 spiro atoms. The molecule has 2 atom stereocenters. The van der Waals surface area contributed by atoms with E-state index in [4.69, 9.17) is 4.74 Å². The molecule has 3 rings (SSSR count). The van der Waals surface area contributed by atoms with Crippen molar-refractivity contribution in [2.75, 3.05) is 13.1 Å². The van der Waals surface area contributed by atoms with E-state index in [1.807, 2.05) is 22.7 Å². The highest BCUT2D eigenvalue weighted by molar-refractivity contribution is 5.85. The average Bonchev–Trinajstić information content (AvgIpc) is 3.09. The van der Waals surface area contributed by atoms with E-state index in [1.165, 1.54) is 6.40 Å². The van der Waals surface area contributed by atoms with Crippen LogP contribution < -0.4 is 0 Å². The van der Waals surface area contributed by atoms with Gasteiger partial charge in [0.25, 0.3) is 5.91 Å². The fourth-order valence-electron chi connectivity index (χ4n) is 2.49. The molecule has 0 radical (unpaired) electrons. The van der Waals surface area contributed by atoms with Gasteiger partial charge in [-0.15, -0.1) is 0 Å². The van der Waals surface area contributed by atoms with E-state index in [1.54, 1.807) is 6.20 Å². The summed E-state index contributed by atoms with van der Waals surface area (Å²) < 4.78 is 7.31. The smallest absolute Gasteiger partial charge is 0.251 e. The fraction of sp³-hybridized carbons (Fsp3) is 0.583.